The summed E-state index contributed by atoms with van der Waals surface area (Å²) in [4.78, 5) is 4.16. The van der Waals surface area contributed by atoms with E-state index in [1.807, 2.05) is 18.2 Å². The van der Waals surface area contributed by atoms with Crippen LogP contribution >= 0.6 is 34.2 Å². The Morgan fingerprint density at radius 1 is 1.31 bits per heavy atom. The molecule has 0 radical (unpaired) electrons. The maximum Gasteiger partial charge on any atom is 0.124 e. The Kier molecular flexibility index (Phi) is 2.29. The molecule has 2 rings (SSSR count). The van der Waals surface area contributed by atoms with Crippen LogP contribution in [0.3, 0.4) is 0 Å². The van der Waals surface area contributed by atoms with Crippen LogP contribution in [-0.4, -0.2) is 4.98 Å². The van der Waals surface area contributed by atoms with Gasteiger partial charge in [-0.15, -0.1) is 0 Å². The first kappa shape index (κ1) is 9.02. The maximum atomic E-state index is 6.01. The Bertz CT molecular complexity index is 470. The van der Waals surface area contributed by atoms with Crippen LogP contribution in [0.25, 0.3) is 10.9 Å². The van der Waals surface area contributed by atoms with Crippen LogP contribution in [0.2, 0.25) is 5.02 Å². The number of fused-ring (bicyclic) bond motifs is 1. The minimum Gasteiger partial charge on any atom is -0.384 e. The molecule has 0 saturated heterocycles. The highest BCUT2D eigenvalue weighted by atomic mass is 127. The van der Waals surface area contributed by atoms with Crippen molar-refractivity contribution in [2.24, 2.45) is 0 Å². The molecule has 0 fully saturated rings. The molecule has 4 heteroatoms. The smallest absolute Gasteiger partial charge is 0.124 e. The Balaban J connectivity index is 2.87. The summed E-state index contributed by atoms with van der Waals surface area (Å²) < 4.78 is 1.10. The molecule has 0 amide bonds. The van der Waals surface area contributed by atoms with E-state index in [1.165, 1.54) is 0 Å². The fourth-order valence-corrected chi connectivity index (χ4v) is 2.27. The van der Waals surface area contributed by atoms with Crippen LogP contribution in [0, 0.1) is 3.57 Å². The van der Waals surface area contributed by atoms with Crippen molar-refractivity contribution in [3.63, 3.8) is 0 Å². The molecule has 1 heterocycles. The molecule has 0 aliphatic carbocycles. The Hall–Kier alpha value is -0.550. The van der Waals surface area contributed by atoms with Crippen molar-refractivity contribution in [2.45, 2.75) is 0 Å². The number of hydrogen-bond donors (Lipinski definition) is 1. The Morgan fingerprint density at radius 2 is 2.08 bits per heavy atom. The first-order valence-electron chi connectivity index (χ1n) is 3.68. The number of nitrogen functional groups attached to an aromatic ring is 1. The van der Waals surface area contributed by atoms with Gasteiger partial charge in [0, 0.05) is 8.96 Å². The highest BCUT2D eigenvalue weighted by Crippen LogP contribution is 2.25. The summed E-state index contributed by atoms with van der Waals surface area (Å²) in [5.41, 5.74) is 6.33. The average Bonchev–Trinajstić information content (AvgIpc) is 2.06. The number of rotatable bonds is 0. The molecule has 2 N–H and O–H groups in total. The predicted octanol–water partition coefficient (Wildman–Crippen LogP) is 3.08. The van der Waals surface area contributed by atoms with Gasteiger partial charge in [-0.05, 0) is 46.9 Å². The van der Waals surface area contributed by atoms with Crippen LogP contribution < -0.4 is 5.73 Å². The van der Waals surface area contributed by atoms with Crippen molar-refractivity contribution < 1.29 is 0 Å². The minimum absolute atomic E-state index is 0.496. The Labute approximate surface area is 94.2 Å². The summed E-state index contributed by atoms with van der Waals surface area (Å²) in [5, 5.41) is 1.67. The van der Waals surface area contributed by atoms with Crippen LogP contribution in [0.4, 0.5) is 5.82 Å². The van der Waals surface area contributed by atoms with Crippen molar-refractivity contribution in [3.05, 3.63) is 32.9 Å². The first-order valence-corrected chi connectivity index (χ1v) is 5.14. The molecule has 2 aromatic rings. The SMILES string of the molecule is Nc1ccc2cc(I)cc(Cl)c2n1. The van der Waals surface area contributed by atoms with E-state index in [0.717, 1.165) is 14.5 Å². The molecule has 0 unspecified atom stereocenters. The number of aromatic nitrogens is 1. The number of nitrogens with two attached hydrogens (primary N) is 1. The van der Waals surface area contributed by atoms with Crippen LogP contribution in [0.5, 0.6) is 0 Å². The molecule has 0 bridgehead atoms. The zero-order chi connectivity index (χ0) is 9.42. The van der Waals surface area contributed by atoms with Crippen molar-refractivity contribution in [1.29, 1.82) is 0 Å². The third kappa shape index (κ3) is 1.71. The van der Waals surface area contributed by atoms with Gasteiger partial charge in [0.15, 0.2) is 0 Å². The normalized spacial score (nSPS) is 10.6. The fraction of sp³-hybridized carbons (Fsp3) is 0. The van der Waals surface area contributed by atoms with Gasteiger partial charge in [-0.25, -0.2) is 4.98 Å². The minimum atomic E-state index is 0.496. The van der Waals surface area contributed by atoms with E-state index >= 15 is 0 Å². The number of hydrogen-bond acceptors (Lipinski definition) is 2. The molecule has 0 spiro atoms. The average molecular weight is 305 g/mol. The second-order valence-corrected chi connectivity index (χ2v) is 4.35. The highest BCUT2D eigenvalue weighted by Gasteiger charge is 2.02. The molecule has 0 aliphatic rings. The van der Waals surface area contributed by atoms with Gasteiger partial charge < -0.3 is 5.73 Å². The molecule has 0 aliphatic heterocycles. The van der Waals surface area contributed by atoms with E-state index in [2.05, 4.69) is 27.6 Å². The van der Waals surface area contributed by atoms with Gasteiger partial charge in [-0.2, -0.15) is 0 Å². The lowest BCUT2D eigenvalue weighted by Crippen LogP contribution is -1.90. The zero-order valence-corrected chi connectivity index (χ0v) is 9.50. The summed E-state index contributed by atoms with van der Waals surface area (Å²) in [5.74, 6) is 0.496. The van der Waals surface area contributed by atoms with E-state index in [0.29, 0.717) is 10.8 Å². The van der Waals surface area contributed by atoms with Crippen LogP contribution in [0.1, 0.15) is 0 Å². The van der Waals surface area contributed by atoms with Gasteiger partial charge in [-0.1, -0.05) is 11.6 Å². The summed E-state index contributed by atoms with van der Waals surface area (Å²) >= 11 is 8.23. The maximum absolute atomic E-state index is 6.01. The molecule has 0 atom stereocenters. The van der Waals surface area contributed by atoms with Crippen molar-refractivity contribution in [3.8, 4) is 0 Å². The van der Waals surface area contributed by atoms with Gasteiger partial charge in [0.05, 0.1) is 10.5 Å². The van der Waals surface area contributed by atoms with E-state index in [-0.39, 0.29) is 0 Å². The lowest BCUT2D eigenvalue weighted by molar-refractivity contribution is 1.41. The summed E-state index contributed by atoms with van der Waals surface area (Å²) in [6.45, 7) is 0. The van der Waals surface area contributed by atoms with Gasteiger partial charge in [0.1, 0.15) is 5.82 Å². The monoisotopic (exact) mass is 304 g/mol. The third-order valence-corrected chi connectivity index (χ3v) is 2.64. The van der Waals surface area contributed by atoms with E-state index in [1.54, 1.807) is 6.07 Å². The van der Waals surface area contributed by atoms with E-state index in [4.69, 9.17) is 17.3 Å². The van der Waals surface area contributed by atoms with Gasteiger partial charge in [0.2, 0.25) is 0 Å². The van der Waals surface area contributed by atoms with Crippen LogP contribution in [-0.2, 0) is 0 Å². The standard InChI is InChI=1S/C9H6ClIN2/c10-7-4-6(11)3-5-1-2-8(12)13-9(5)7/h1-4H,(H2,12,13). The zero-order valence-electron chi connectivity index (χ0n) is 6.59. The molecule has 66 valence electrons. The van der Waals surface area contributed by atoms with Crippen molar-refractivity contribution >= 4 is 50.9 Å². The van der Waals surface area contributed by atoms with E-state index < -0.39 is 0 Å². The van der Waals surface area contributed by atoms with E-state index in [9.17, 15) is 0 Å². The Morgan fingerprint density at radius 3 is 2.85 bits per heavy atom. The number of nitrogens with zero attached hydrogens (tertiary/aromatic N) is 1. The number of pyridine rings is 1. The predicted molar refractivity (Wildman–Crippen MR) is 63.9 cm³/mol. The highest BCUT2D eigenvalue weighted by molar-refractivity contribution is 14.1. The summed E-state index contributed by atoms with van der Waals surface area (Å²) in [6, 6.07) is 7.59. The first-order chi connectivity index (χ1) is 6.16. The van der Waals surface area contributed by atoms with Crippen molar-refractivity contribution in [1.82, 2.24) is 4.98 Å². The van der Waals surface area contributed by atoms with Gasteiger partial charge in [0.25, 0.3) is 0 Å². The molecule has 1 aromatic carbocycles. The molecule has 0 saturated carbocycles. The largest absolute Gasteiger partial charge is 0.384 e. The molecule has 1 aromatic heterocycles. The van der Waals surface area contributed by atoms with Gasteiger partial charge >= 0.3 is 0 Å². The third-order valence-electron chi connectivity index (χ3n) is 1.73. The van der Waals surface area contributed by atoms with Crippen LogP contribution in [0.15, 0.2) is 24.3 Å². The topological polar surface area (TPSA) is 38.9 Å². The number of benzene rings is 1. The molecule has 13 heavy (non-hydrogen) atoms. The molecular weight excluding hydrogens is 298 g/mol. The molecular formula is C9H6ClIN2. The number of anilines is 1. The summed E-state index contributed by atoms with van der Waals surface area (Å²) in [6.07, 6.45) is 0. The lowest BCUT2D eigenvalue weighted by atomic mass is 10.2. The second-order valence-electron chi connectivity index (χ2n) is 2.70. The van der Waals surface area contributed by atoms with Crippen molar-refractivity contribution in [2.75, 3.05) is 5.73 Å². The van der Waals surface area contributed by atoms with Gasteiger partial charge in [-0.3, -0.25) is 0 Å². The second kappa shape index (κ2) is 3.31. The number of halogens is 2. The molecule has 2 nitrogen and oxygen atoms in total. The quantitative estimate of drug-likeness (QED) is 0.760. The fourth-order valence-electron chi connectivity index (χ4n) is 1.17. The summed E-state index contributed by atoms with van der Waals surface area (Å²) in [7, 11) is 0. The lowest BCUT2D eigenvalue weighted by Gasteiger charge is -2.01.